The summed E-state index contributed by atoms with van der Waals surface area (Å²) >= 11 is 0. The van der Waals surface area contributed by atoms with Crippen LogP contribution in [0.5, 0.6) is 0 Å². The van der Waals surface area contributed by atoms with Crippen LogP contribution in [0.25, 0.3) is 0 Å². The largest absolute Gasteiger partial charge is 0.381 e. The Morgan fingerprint density at radius 3 is 2.16 bits per heavy atom. The monoisotopic (exact) mass is 262 g/mol. The van der Waals surface area contributed by atoms with E-state index in [1.165, 1.54) is 6.07 Å². The van der Waals surface area contributed by atoms with Crippen molar-refractivity contribution in [1.29, 1.82) is 0 Å². The molecule has 0 fully saturated rings. The fourth-order valence-electron chi connectivity index (χ4n) is 1.79. The average molecular weight is 262 g/mol. The van der Waals surface area contributed by atoms with Crippen LogP contribution in [-0.2, 0) is 11.2 Å². The third-order valence-corrected chi connectivity index (χ3v) is 2.83. The highest BCUT2D eigenvalue weighted by Crippen LogP contribution is 2.19. The molecule has 98 valence electrons. The number of rotatable bonds is 4. The molecule has 19 heavy (non-hydrogen) atoms. The summed E-state index contributed by atoms with van der Waals surface area (Å²) in [6.45, 7) is 0. The van der Waals surface area contributed by atoms with E-state index < -0.39 is 29.9 Å². The van der Waals surface area contributed by atoms with Crippen LogP contribution in [-0.4, -0.2) is 10.9 Å². The number of hydrogen-bond donors (Lipinski definition) is 1. The van der Waals surface area contributed by atoms with E-state index in [-0.39, 0.29) is 5.56 Å². The van der Waals surface area contributed by atoms with Gasteiger partial charge in [-0.15, -0.1) is 0 Å². The summed E-state index contributed by atoms with van der Waals surface area (Å²) in [7, 11) is 0. The summed E-state index contributed by atoms with van der Waals surface area (Å²) in [5, 5.41) is 9.84. The van der Waals surface area contributed by atoms with Gasteiger partial charge in [-0.1, -0.05) is 36.4 Å². The van der Waals surface area contributed by atoms with Crippen molar-refractivity contribution in [2.75, 3.05) is 0 Å². The molecule has 1 N–H and O–H groups in total. The van der Waals surface area contributed by atoms with Crippen molar-refractivity contribution < 1.29 is 18.7 Å². The molecule has 0 saturated carbocycles. The Hall–Kier alpha value is -2.07. The molecule has 2 aromatic rings. The third-order valence-electron chi connectivity index (χ3n) is 2.83. The van der Waals surface area contributed by atoms with Gasteiger partial charge >= 0.3 is 0 Å². The number of carbonyl (C=O) groups is 1. The summed E-state index contributed by atoms with van der Waals surface area (Å²) in [6, 6.07) is 11.7. The minimum Gasteiger partial charge on any atom is -0.381 e. The lowest BCUT2D eigenvalue weighted by atomic mass is 9.99. The first-order valence-electron chi connectivity index (χ1n) is 5.78. The minimum absolute atomic E-state index is 0.317. The second kappa shape index (κ2) is 5.71. The van der Waals surface area contributed by atoms with Crippen LogP contribution in [0, 0.1) is 11.6 Å². The zero-order valence-electron chi connectivity index (χ0n) is 10.0. The zero-order chi connectivity index (χ0) is 13.8. The molecule has 0 aromatic heterocycles. The number of carbonyl (C=O) groups excluding carboxylic acids is 1. The van der Waals surface area contributed by atoms with Crippen LogP contribution in [0.4, 0.5) is 8.78 Å². The molecule has 0 aliphatic rings. The first kappa shape index (κ1) is 13.4. The standard InChI is InChI=1S/C15H12F2O2/c16-12-7-4-8-13(17)11(12)9-14(18)15(19)10-5-2-1-3-6-10/h1-8,15,19H,9H2. The molecule has 2 rings (SSSR count). The van der Waals surface area contributed by atoms with Crippen LogP contribution >= 0.6 is 0 Å². The van der Waals surface area contributed by atoms with Gasteiger partial charge in [0.1, 0.15) is 17.7 Å². The van der Waals surface area contributed by atoms with E-state index in [0.717, 1.165) is 12.1 Å². The van der Waals surface area contributed by atoms with Crippen molar-refractivity contribution in [3.8, 4) is 0 Å². The van der Waals surface area contributed by atoms with E-state index in [4.69, 9.17) is 0 Å². The molecule has 0 spiro atoms. The van der Waals surface area contributed by atoms with Crippen LogP contribution < -0.4 is 0 Å². The van der Waals surface area contributed by atoms with Crippen molar-refractivity contribution in [2.24, 2.45) is 0 Å². The molecule has 0 amide bonds. The molecule has 1 unspecified atom stereocenters. The number of aliphatic hydroxyl groups excluding tert-OH is 1. The van der Waals surface area contributed by atoms with Gasteiger partial charge in [0.2, 0.25) is 0 Å². The third kappa shape index (κ3) is 3.03. The lowest BCUT2D eigenvalue weighted by molar-refractivity contribution is -0.126. The molecular weight excluding hydrogens is 250 g/mol. The Bertz CT molecular complexity index is 562. The number of aliphatic hydroxyl groups is 1. The number of benzene rings is 2. The molecule has 2 nitrogen and oxygen atoms in total. The van der Waals surface area contributed by atoms with Gasteiger partial charge in [0.15, 0.2) is 5.78 Å². The predicted molar refractivity (Wildman–Crippen MR) is 66.5 cm³/mol. The molecule has 0 aliphatic carbocycles. The summed E-state index contributed by atoms with van der Waals surface area (Å²) in [6.07, 6.45) is -1.85. The maximum atomic E-state index is 13.4. The van der Waals surface area contributed by atoms with Gasteiger partial charge in [-0.3, -0.25) is 4.79 Å². The van der Waals surface area contributed by atoms with E-state index in [9.17, 15) is 18.7 Å². The lowest BCUT2D eigenvalue weighted by Gasteiger charge is -2.10. The normalized spacial score (nSPS) is 12.2. The topological polar surface area (TPSA) is 37.3 Å². The van der Waals surface area contributed by atoms with Crippen molar-refractivity contribution in [2.45, 2.75) is 12.5 Å². The van der Waals surface area contributed by atoms with Crippen LogP contribution in [0.15, 0.2) is 48.5 Å². The van der Waals surface area contributed by atoms with Gasteiger partial charge in [0.25, 0.3) is 0 Å². The number of halogens is 2. The molecule has 1 atom stereocenters. The van der Waals surface area contributed by atoms with Gasteiger partial charge in [-0.25, -0.2) is 8.78 Å². The fourth-order valence-corrected chi connectivity index (χ4v) is 1.79. The molecule has 0 aliphatic heterocycles. The highest BCUT2D eigenvalue weighted by atomic mass is 19.1. The zero-order valence-corrected chi connectivity index (χ0v) is 10.0. The van der Waals surface area contributed by atoms with Gasteiger partial charge in [0, 0.05) is 12.0 Å². The minimum atomic E-state index is -1.37. The van der Waals surface area contributed by atoms with E-state index in [1.54, 1.807) is 30.3 Å². The van der Waals surface area contributed by atoms with Gasteiger partial charge in [-0.2, -0.15) is 0 Å². The quantitative estimate of drug-likeness (QED) is 0.920. The maximum absolute atomic E-state index is 13.4. The molecule has 2 aromatic carbocycles. The number of Topliss-reactive ketones (excluding diaryl/α,β-unsaturated/α-hetero) is 1. The van der Waals surface area contributed by atoms with Crippen molar-refractivity contribution in [3.63, 3.8) is 0 Å². The van der Waals surface area contributed by atoms with Crippen LogP contribution in [0.2, 0.25) is 0 Å². The summed E-state index contributed by atoms with van der Waals surface area (Å²) in [5.74, 6) is -2.21. The lowest BCUT2D eigenvalue weighted by Crippen LogP contribution is -2.16. The van der Waals surface area contributed by atoms with Gasteiger partial charge in [-0.05, 0) is 17.7 Å². The first-order chi connectivity index (χ1) is 9.09. The van der Waals surface area contributed by atoms with Gasteiger partial charge < -0.3 is 5.11 Å². The maximum Gasteiger partial charge on any atom is 0.170 e. The Balaban J connectivity index is 2.18. The second-order valence-corrected chi connectivity index (χ2v) is 4.16. The molecule has 0 saturated heterocycles. The smallest absolute Gasteiger partial charge is 0.170 e. The first-order valence-corrected chi connectivity index (χ1v) is 5.78. The fraction of sp³-hybridized carbons (Fsp3) is 0.133. The average Bonchev–Trinajstić information content (AvgIpc) is 2.43. The summed E-state index contributed by atoms with van der Waals surface area (Å²) < 4.78 is 26.8. The molecular formula is C15H12F2O2. The second-order valence-electron chi connectivity index (χ2n) is 4.16. The predicted octanol–water partition coefficient (Wildman–Crippen LogP) is 2.81. The van der Waals surface area contributed by atoms with Crippen molar-refractivity contribution in [3.05, 3.63) is 71.3 Å². The van der Waals surface area contributed by atoms with E-state index in [2.05, 4.69) is 0 Å². The summed E-state index contributed by atoms with van der Waals surface area (Å²) in [4.78, 5) is 11.8. The molecule has 4 heteroatoms. The van der Waals surface area contributed by atoms with Crippen molar-refractivity contribution in [1.82, 2.24) is 0 Å². The molecule has 0 bridgehead atoms. The highest BCUT2D eigenvalue weighted by Gasteiger charge is 2.20. The number of hydrogen-bond acceptors (Lipinski definition) is 2. The Kier molecular flexibility index (Phi) is 4.02. The molecule has 0 radical (unpaired) electrons. The van der Waals surface area contributed by atoms with Crippen molar-refractivity contribution >= 4 is 5.78 Å². The van der Waals surface area contributed by atoms with Crippen LogP contribution in [0.3, 0.4) is 0 Å². The van der Waals surface area contributed by atoms with E-state index >= 15 is 0 Å². The highest BCUT2D eigenvalue weighted by molar-refractivity contribution is 5.86. The Labute approximate surface area is 109 Å². The molecule has 0 heterocycles. The van der Waals surface area contributed by atoms with Crippen LogP contribution in [0.1, 0.15) is 17.2 Å². The SMILES string of the molecule is O=C(Cc1c(F)cccc1F)C(O)c1ccccc1. The summed E-state index contributed by atoms with van der Waals surface area (Å²) in [5.41, 5.74) is 0.0896. The van der Waals surface area contributed by atoms with Gasteiger partial charge in [0.05, 0.1) is 0 Å². The Morgan fingerprint density at radius 2 is 1.58 bits per heavy atom. The van der Waals surface area contributed by atoms with E-state index in [1.807, 2.05) is 0 Å². The Morgan fingerprint density at radius 1 is 1.00 bits per heavy atom. The number of ketones is 1. The van der Waals surface area contributed by atoms with E-state index in [0.29, 0.717) is 5.56 Å².